The topological polar surface area (TPSA) is 0 Å². The largest absolute Gasteiger partial charge is 0.218 e. The summed E-state index contributed by atoms with van der Waals surface area (Å²) < 4.78 is 0. The van der Waals surface area contributed by atoms with Gasteiger partial charge in [-0.1, -0.05) is 127 Å². The maximum atomic E-state index is 2.54. The van der Waals surface area contributed by atoms with E-state index in [2.05, 4.69) is 144 Å². The van der Waals surface area contributed by atoms with Crippen LogP contribution in [0.1, 0.15) is 53.1 Å². The summed E-state index contributed by atoms with van der Waals surface area (Å²) in [5.41, 5.74) is 16.7. The first-order valence-electron chi connectivity index (χ1n) is 16.3. The smallest absolute Gasteiger partial charge is 0.0870 e. The minimum Gasteiger partial charge on any atom is -0.0870 e. The van der Waals surface area contributed by atoms with Gasteiger partial charge in [0.05, 0.1) is 0 Å². The molecule has 8 rings (SSSR count). The first-order chi connectivity index (χ1) is 21.4. The van der Waals surface area contributed by atoms with Crippen molar-refractivity contribution in [2.45, 2.75) is 53.3 Å². The molecule has 0 fully saturated rings. The summed E-state index contributed by atoms with van der Waals surface area (Å²) in [4.78, 5) is 0. The Bertz CT molecular complexity index is 2020. The Labute approximate surface area is 262 Å². The second kappa shape index (κ2) is 10.4. The molecule has 1 heterocycles. The van der Waals surface area contributed by atoms with Gasteiger partial charge in [-0.15, -0.1) is 0 Å². The van der Waals surface area contributed by atoms with Crippen LogP contribution in [0, 0.1) is 33.6 Å². The number of benzene rings is 5. The third kappa shape index (κ3) is 4.20. The van der Waals surface area contributed by atoms with Gasteiger partial charge in [0.15, 0.2) is 0 Å². The van der Waals surface area contributed by atoms with E-state index >= 15 is 0 Å². The van der Waals surface area contributed by atoms with Gasteiger partial charge in [-0.25, -0.2) is 0 Å². The van der Waals surface area contributed by atoms with Crippen molar-refractivity contribution in [2.75, 3.05) is 0 Å². The molecule has 0 nitrogen and oxygen atoms in total. The SMILES string of the molecule is Cc1cc2c(C3=CCC(C)C=C3)c3cc(C)c(C)cc3c(C3=CCC(B4c5ccccc5-c5ccccc54)C=C3)c2cc1C. The molecule has 2 atom stereocenters. The Hall–Kier alpha value is -4.36. The third-order valence-corrected chi connectivity index (χ3v) is 10.7. The Balaban J connectivity index is 1.31. The zero-order valence-corrected chi connectivity index (χ0v) is 26.5. The summed E-state index contributed by atoms with van der Waals surface area (Å²) in [6, 6.07) is 27.9. The minimum atomic E-state index is 0.398. The number of hydrogen-bond acceptors (Lipinski definition) is 0. The van der Waals surface area contributed by atoms with Gasteiger partial charge in [-0.05, 0) is 129 Å². The molecule has 44 heavy (non-hydrogen) atoms. The van der Waals surface area contributed by atoms with Crippen molar-refractivity contribution in [1.29, 1.82) is 0 Å². The van der Waals surface area contributed by atoms with Gasteiger partial charge >= 0.3 is 0 Å². The van der Waals surface area contributed by atoms with Crippen LogP contribution >= 0.6 is 0 Å². The number of hydrogen-bond donors (Lipinski definition) is 0. The highest BCUT2D eigenvalue weighted by Gasteiger charge is 2.36. The first-order valence-corrected chi connectivity index (χ1v) is 16.3. The second-order valence-electron chi connectivity index (χ2n) is 13.5. The van der Waals surface area contributed by atoms with Gasteiger partial charge in [0, 0.05) is 0 Å². The summed E-state index contributed by atoms with van der Waals surface area (Å²) in [5, 5.41) is 5.49. The predicted molar refractivity (Wildman–Crippen MR) is 194 cm³/mol. The van der Waals surface area contributed by atoms with Crippen LogP contribution in [-0.2, 0) is 0 Å². The van der Waals surface area contributed by atoms with Crippen LogP contribution in [0.2, 0.25) is 5.82 Å². The normalized spacial score (nSPS) is 18.9. The first kappa shape index (κ1) is 27.2. The zero-order valence-electron chi connectivity index (χ0n) is 26.5. The Kier molecular flexibility index (Phi) is 6.42. The number of allylic oxidation sites excluding steroid dienone is 8. The van der Waals surface area contributed by atoms with Gasteiger partial charge in [0.25, 0.3) is 0 Å². The lowest BCUT2D eigenvalue weighted by atomic mass is 9.34. The van der Waals surface area contributed by atoms with Crippen molar-refractivity contribution in [3.05, 3.63) is 143 Å². The fourth-order valence-electron chi connectivity index (χ4n) is 8.01. The molecule has 0 aromatic heterocycles. The average Bonchev–Trinajstić information content (AvgIpc) is 3.37. The van der Waals surface area contributed by atoms with Crippen molar-refractivity contribution >= 4 is 50.3 Å². The highest BCUT2D eigenvalue weighted by Crippen LogP contribution is 2.45. The lowest BCUT2D eigenvalue weighted by Gasteiger charge is -2.25. The molecule has 2 unspecified atom stereocenters. The van der Waals surface area contributed by atoms with E-state index in [-0.39, 0.29) is 0 Å². The number of aryl methyl sites for hydroxylation is 4. The molecular formula is C43H39B. The Morgan fingerprint density at radius 2 is 0.977 bits per heavy atom. The maximum absolute atomic E-state index is 2.54. The van der Waals surface area contributed by atoms with Crippen LogP contribution in [0.5, 0.6) is 0 Å². The van der Waals surface area contributed by atoms with Crippen molar-refractivity contribution in [3.8, 4) is 11.1 Å². The summed E-state index contributed by atoms with van der Waals surface area (Å²) in [5.74, 6) is 1.03. The van der Waals surface area contributed by atoms with Crippen molar-refractivity contribution < 1.29 is 0 Å². The average molecular weight is 567 g/mol. The number of fused-ring (bicyclic) bond motifs is 5. The number of rotatable bonds is 3. The Morgan fingerprint density at radius 3 is 1.39 bits per heavy atom. The monoisotopic (exact) mass is 566 g/mol. The molecule has 5 aromatic rings. The summed E-state index contributed by atoms with van der Waals surface area (Å²) in [6.07, 6.45) is 16.8. The molecule has 0 saturated carbocycles. The highest BCUT2D eigenvalue weighted by atomic mass is 14.3. The Morgan fingerprint density at radius 1 is 0.545 bits per heavy atom. The molecule has 1 aliphatic heterocycles. The molecule has 5 aromatic carbocycles. The van der Waals surface area contributed by atoms with Crippen molar-refractivity contribution in [3.63, 3.8) is 0 Å². The van der Waals surface area contributed by atoms with E-state index in [0.717, 1.165) is 12.8 Å². The van der Waals surface area contributed by atoms with E-state index in [1.165, 1.54) is 88.1 Å². The summed E-state index contributed by atoms with van der Waals surface area (Å²) in [7, 11) is 0. The standard InChI is InChI=1S/C43H39B/c1-26-14-16-31(17-15-26)42-36-22-27(2)29(4)24-38(36)43(39-25-30(5)28(3)23-37(39)42)32-18-20-33(21-19-32)44-40-12-8-6-10-34(40)35-11-7-9-13-41(35)44/h6-14,16-20,22-26,33H,15,21H2,1-5H3. The van der Waals surface area contributed by atoms with Crippen LogP contribution in [0.3, 0.4) is 0 Å². The summed E-state index contributed by atoms with van der Waals surface area (Å²) in [6.45, 7) is 11.8. The van der Waals surface area contributed by atoms with Gasteiger partial charge in [-0.3, -0.25) is 0 Å². The molecule has 0 N–H and O–H groups in total. The zero-order chi connectivity index (χ0) is 30.1. The van der Waals surface area contributed by atoms with E-state index in [9.17, 15) is 0 Å². The lowest BCUT2D eigenvalue weighted by Crippen LogP contribution is -2.42. The molecule has 2 aliphatic carbocycles. The summed E-state index contributed by atoms with van der Waals surface area (Å²) >= 11 is 0. The highest BCUT2D eigenvalue weighted by molar-refractivity contribution is 6.91. The molecule has 0 bridgehead atoms. The predicted octanol–water partition coefficient (Wildman–Crippen LogP) is 10.2. The fourth-order valence-corrected chi connectivity index (χ4v) is 8.01. The molecule has 0 radical (unpaired) electrons. The van der Waals surface area contributed by atoms with E-state index in [1.807, 2.05) is 0 Å². The van der Waals surface area contributed by atoms with Gasteiger partial charge < -0.3 is 0 Å². The molecule has 3 aliphatic rings. The third-order valence-electron chi connectivity index (χ3n) is 10.7. The van der Waals surface area contributed by atoms with Crippen molar-refractivity contribution in [1.82, 2.24) is 0 Å². The minimum absolute atomic E-state index is 0.398. The molecule has 0 saturated heterocycles. The second-order valence-corrected chi connectivity index (χ2v) is 13.5. The van der Waals surface area contributed by atoms with Crippen molar-refractivity contribution in [2.24, 2.45) is 5.92 Å². The van der Waals surface area contributed by atoms with E-state index in [0.29, 0.717) is 18.4 Å². The van der Waals surface area contributed by atoms with Crippen LogP contribution in [0.25, 0.3) is 43.8 Å². The molecule has 214 valence electrons. The van der Waals surface area contributed by atoms with Gasteiger partial charge in [0.1, 0.15) is 0 Å². The molecular weight excluding hydrogens is 527 g/mol. The van der Waals surface area contributed by atoms with Crippen LogP contribution in [-0.4, -0.2) is 6.71 Å². The quantitative estimate of drug-likeness (QED) is 0.151. The van der Waals surface area contributed by atoms with E-state index in [1.54, 1.807) is 0 Å². The lowest BCUT2D eigenvalue weighted by molar-refractivity contribution is 0.739. The van der Waals surface area contributed by atoms with E-state index in [4.69, 9.17) is 0 Å². The van der Waals surface area contributed by atoms with Crippen LogP contribution in [0.15, 0.2) is 109 Å². The van der Waals surface area contributed by atoms with E-state index < -0.39 is 0 Å². The van der Waals surface area contributed by atoms with Crippen LogP contribution in [0.4, 0.5) is 0 Å². The maximum Gasteiger partial charge on any atom is 0.218 e. The molecule has 0 amide bonds. The molecule has 1 heteroatoms. The molecule has 0 spiro atoms. The van der Waals surface area contributed by atoms with Gasteiger partial charge in [-0.2, -0.15) is 0 Å². The van der Waals surface area contributed by atoms with Crippen LogP contribution < -0.4 is 10.9 Å². The van der Waals surface area contributed by atoms with Gasteiger partial charge in [0.2, 0.25) is 6.71 Å². The fraction of sp³-hybridized carbons (Fsp3) is 0.209.